The molecule has 0 fully saturated rings. The Morgan fingerprint density at radius 2 is 0.877 bits per heavy atom. The van der Waals surface area contributed by atoms with E-state index in [1.807, 2.05) is 91.0 Å². The van der Waals surface area contributed by atoms with Crippen LogP contribution in [0.2, 0.25) is 0 Å². The summed E-state index contributed by atoms with van der Waals surface area (Å²) in [6.07, 6.45) is 0. The van der Waals surface area contributed by atoms with Gasteiger partial charge in [0.25, 0.3) is 0 Å². The van der Waals surface area contributed by atoms with E-state index in [9.17, 15) is 0 Å². The Kier molecular flexibility index (Phi) is 7.71. The summed E-state index contributed by atoms with van der Waals surface area (Å²) >= 11 is 0. The number of hydrogen-bond acceptors (Lipinski definition) is 6. The zero-order chi connectivity index (χ0) is 37.7. The zero-order valence-electron chi connectivity index (χ0n) is 30.6. The van der Waals surface area contributed by atoms with Crippen LogP contribution in [0.25, 0.3) is 78.4 Å². The van der Waals surface area contributed by atoms with E-state index >= 15 is 0 Å². The number of aromatic nitrogens is 3. The van der Waals surface area contributed by atoms with E-state index in [-0.39, 0.29) is 0 Å². The summed E-state index contributed by atoms with van der Waals surface area (Å²) in [5, 5.41) is 1.92. The third kappa shape index (κ3) is 5.79. The number of furan rings is 1. The van der Waals surface area contributed by atoms with Crippen LogP contribution in [0.5, 0.6) is 11.5 Å². The predicted octanol–water partition coefficient (Wildman–Crippen LogP) is 13.7. The van der Waals surface area contributed by atoms with Crippen molar-refractivity contribution in [3.8, 4) is 67.9 Å². The van der Waals surface area contributed by atoms with E-state index in [4.69, 9.17) is 24.1 Å². The molecular weight excluding hydrogens is 701 g/mol. The van der Waals surface area contributed by atoms with Crippen molar-refractivity contribution in [1.82, 2.24) is 15.0 Å². The Morgan fingerprint density at radius 3 is 1.49 bits per heavy atom. The second-order valence-corrected chi connectivity index (χ2v) is 14.0. The topological polar surface area (TPSA) is 64.3 Å². The van der Waals surface area contributed by atoms with Crippen LogP contribution < -0.4 is 9.64 Å². The van der Waals surface area contributed by atoms with E-state index in [2.05, 4.69) is 108 Å². The van der Waals surface area contributed by atoms with Crippen molar-refractivity contribution in [1.29, 1.82) is 0 Å². The summed E-state index contributed by atoms with van der Waals surface area (Å²) in [5.74, 6) is 3.38. The molecule has 6 heteroatoms. The van der Waals surface area contributed by atoms with Gasteiger partial charge in [-0.05, 0) is 76.9 Å². The lowest BCUT2D eigenvalue weighted by Gasteiger charge is -2.33. The number of para-hydroxylation sites is 1. The largest absolute Gasteiger partial charge is 0.456 e. The highest BCUT2D eigenvalue weighted by atomic mass is 16.5. The summed E-state index contributed by atoms with van der Waals surface area (Å²) in [5.41, 5.74) is 11.6. The molecule has 0 saturated heterocycles. The van der Waals surface area contributed by atoms with Gasteiger partial charge in [-0.15, -0.1) is 0 Å². The molecule has 268 valence electrons. The number of hydrogen-bond donors (Lipinski definition) is 0. The zero-order valence-corrected chi connectivity index (χ0v) is 30.6. The average molecular weight is 733 g/mol. The minimum absolute atomic E-state index is 0.582. The smallest absolute Gasteiger partial charge is 0.164 e. The molecule has 0 spiro atoms. The molecule has 0 saturated carbocycles. The minimum atomic E-state index is 0.582. The highest BCUT2D eigenvalue weighted by Crippen LogP contribution is 2.52. The van der Waals surface area contributed by atoms with Crippen LogP contribution in [0, 0.1) is 0 Å². The first-order valence-corrected chi connectivity index (χ1v) is 18.9. The van der Waals surface area contributed by atoms with Crippen LogP contribution in [-0.2, 0) is 0 Å². The van der Waals surface area contributed by atoms with Crippen molar-refractivity contribution in [2.75, 3.05) is 4.90 Å². The lowest BCUT2D eigenvalue weighted by Crippen LogP contribution is -2.15. The predicted molar refractivity (Wildman–Crippen MR) is 229 cm³/mol. The van der Waals surface area contributed by atoms with Gasteiger partial charge in [0.1, 0.15) is 11.2 Å². The molecule has 11 rings (SSSR count). The molecule has 0 aliphatic carbocycles. The molecule has 0 atom stereocenters. The van der Waals surface area contributed by atoms with Crippen LogP contribution in [0.3, 0.4) is 0 Å². The van der Waals surface area contributed by atoms with Crippen molar-refractivity contribution in [2.45, 2.75) is 0 Å². The average Bonchev–Trinajstić information content (AvgIpc) is 3.67. The number of anilines is 3. The van der Waals surface area contributed by atoms with Crippen molar-refractivity contribution in [2.24, 2.45) is 0 Å². The first kappa shape index (κ1) is 32.6. The number of nitrogens with zero attached hydrogens (tertiary/aromatic N) is 4. The number of fused-ring (bicyclic) bond motifs is 5. The highest BCUT2D eigenvalue weighted by molar-refractivity contribution is 6.13. The Hall–Kier alpha value is -7.83. The fourth-order valence-corrected chi connectivity index (χ4v) is 7.78. The van der Waals surface area contributed by atoms with Crippen molar-refractivity contribution < 1.29 is 9.15 Å². The fourth-order valence-electron chi connectivity index (χ4n) is 7.78. The van der Waals surface area contributed by atoms with Gasteiger partial charge in [0, 0.05) is 33.2 Å². The van der Waals surface area contributed by atoms with Crippen molar-refractivity contribution in [3.63, 3.8) is 0 Å². The molecular formula is C51H32N4O2. The minimum Gasteiger partial charge on any atom is -0.456 e. The van der Waals surface area contributed by atoms with Gasteiger partial charge in [0.05, 0.1) is 11.4 Å². The Balaban J connectivity index is 1.04. The maximum Gasteiger partial charge on any atom is 0.164 e. The van der Waals surface area contributed by atoms with Crippen LogP contribution >= 0.6 is 0 Å². The first-order valence-electron chi connectivity index (χ1n) is 18.9. The molecule has 0 bridgehead atoms. The van der Waals surface area contributed by atoms with E-state index < -0.39 is 0 Å². The van der Waals surface area contributed by atoms with Crippen LogP contribution in [0.4, 0.5) is 17.1 Å². The first-order chi connectivity index (χ1) is 28.2. The summed E-state index contributed by atoms with van der Waals surface area (Å²) in [6, 6.07) is 66.2. The summed E-state index contributed by atoms with van der Waals surface area (Å²) < 4.78 is 13.3. The third-order valence-electron chi connectivity index (χ3n) is 10.5. The summed E-state index contributed by atoms with van der Waals surface area (Å²) in [6.45, 7) is 0. The van der Waals surface area contributed by atoms with Gasteiger partial charge in [-0.1, -0.05) is 140 Å². The van der Waals surface area contributed by atoms with Gasteiger partial charge in [-0.3, -0.25) is 0 Å². The fraction of sp³-hybridized carbons (Fsp3) is 0. The Morgan fingerprint density at radius 1 is 0.368 bits per heavy atom. The van der Waals surface area contributed by atoms with E-state index in [0.29, 0.717) is 17.5 Å². The van der Waals surface area contributed by atoms with Crippen LogP contribution in [-0.4, -0.2) is 15.0 Å². The quantitative estimate of drug-likeness (QED) is 0.170. The maximum absolute atomic E-state index is 6.79. The van der Waals surface area contributed by atoms with Crippen molar-refractivity contribution in [3.05, 3.63) is 194 Å². The van der Waals surface area contributed by atoms with Gasteiger partial charge in [-0.2, -0.15) is 0 Å². The number of benzene rings is 8. The third-order valence-corrected chi connectivity index (χ3v) is 10.5. The Labute approximate surface area is 329 Å². The van der Waals surface area contributed by atoms with Gasteiger partial charge < -0.3 is 14.1 Å². The molecule has 0 radical (unpaired) electrons. The highest BCUT2D eigenvalue weighted by Gasteiger charge is 2.27. The van der Waals surface area contributed by atoms with Crippen LogP contribution in [0.15, 0.2) is 199 Å². The number of rotatable bonds is 6. The molecule has 3 heterocycles. The molecule has 0 amide bonds. The van der Waals surface area contributed by atoms with Crippen LogP contribution in [0.1, 0.15) is 0 Å². The van der Waals surface area contributed by atoms with Gasteiger partial charge in [-0.25, -0.2) is 15.0 Å². The van der Waals surface area contributed by atoms with E-state index in [1.54, 1.807) is 0 Å². The van der Waals surface area contributed by atoms with Gasteiger partial charge in [0.2, 0.25) is 0 Å². The molecule has 1 aliphatic rings. The molecule has 57 heavy (non-hydrogen) atoms. The lowest BCUT2D eigenvalue weighted by atomic mass is 9.99. The second-order valence-electron chi connectivity index (χ2n) is 14.0. The Bertz CT molecular complexity index is 3040. The molecule has 0 unspecified atom stereocenters. The summed E-state index contributed by atoms with van der Waals surface area (Å²) in [4.78, 5) is 17.3. The lowest BCUT2D eigenvalue weighted by molar-refractivity contribution is 0.477. The SMILES string of the molecule is c1ccc(-c2ccc3c(c2)Oc2cc(-c4ccc5oc6cccc(-c7nc(-c8ccccc8)nc(-c8ccccc8)n7)c6c5c4)ccc2N3c2ccccc2)cc1. The summed E-state index contributed by atoms with van der Waals surface area (Å²) in [7, 11) is 0. The molecule has 0 N–H and O–H groups in total. The van der Waals surface area contributed by atoms with Crippen molar-refractivity contribution >= 4 is 39.0 Å². The van der Waals surface area contributed by atoms with E-state index in [1.165, 1.54) is 0 Å². The van der Waals surface area contributed by atoms with Gasteiger partial charge in [0.15, 0.2) is 29.0 Å². The molecule has 1 aliphatic heterocycles. The standard InChI is InChI=1S/C51H32N4O2/c1-5-14-33(15-6-1)37-24-27-42-46(31-37)57-47-32-38(25-28-43(47)55(42)39-20-11-4-12-21-39)36-26-29-44-41(30-36)48-40(22-13-23-45(48)56-44)51-53-49(34-16-7-2-8-17-34)52-50(54-51)35-18-9-3-10-19-35/h1-32H. The second kappa shape index (κ2) is 13.5. The van der Waals surface area contributed by atoms with Gasteiger partial charge >= 0.3 is 0 Å². The normalized spacial score (nSPS) is 12.0. The maximum atomic E-state index is 6.79. The molecule has 2 aromatic heterocycles. The molecule has 8 aromatic carbocycles. The molecule has 6 nitrogen and oxygen atoms in total. The number of ether oxygens (including phenoxy) is 1. The van der Waals surface area contributed by atoms with E-state index in [0.717, 1.165) is 89.4 Å². The molecule has 10 aromatic rings. The monoisotopic (exact) mass is 732 g/mol.